The van der Waals surface area contributed by atoms with Crippen molar-refractivity contribution in [2.45, 2.75) is 32.7 Å². The first-order chi connectivity index (χ1) is 10.0. The van der Waals surface area contributed by atoms with E-state index in [1.807, 2.05) is 17.0 Å². The summed E-state index contributed by atoms with van der Waals surface area (Å²) in [5.41, 5.74) is 0.775. The number of carbonyl (C=O) groups excluding carboxylic acids is 1. The second-order valence-electron chi connectivity index (χ2n) is 6.03. The molecule has 5 heteroatoms. The van der Waals surface area contributed by atoms with Gasteiger partial charge in [-0.25, -0.2) is 4.79 Å². The Balaban J connectivity index is 1.97. The molecule has 1 heterocycles. The van der Waals surface area contributed by atoms with Gasteiger partial charge in [-0.15, -0.1) is 0 Å². The molecule has 0 bridgehead atoms. The molecular weight excluding hydrogens is 286 g/mol. The second kappa shape index (κ2) is 7.66. The lowest BCUT2D eigenvalue weighted by atomic mass is 10.1. The predicted molar refractivity (Wildman–Crippen MR) is 87.9 cm³/mol. The molecule has 0 radical (unpaired) electrons. The van der Waals surface area contributed by atoms with Gasteiger partial charge in [0.1, 0.15) is 0 Å². The van der Waals surface area contributed by atoms with Crippen molar-refractivity contribution in [3.63, 3.8) is 0 Å². The molecule has 4 nitrogen and oxygen atoms in total. The molecule has 1 unspecified atom stereocenters. The molecule has 1 aliphatic heterocycles. The zero-order chi connectivity index (χ0) is 15.2. The summed E-state index contributed by atoms with van der Waals surface area (Å²) >= 11 is 5.86. The number of halogens is 1. The summed E-state index contributed by atoms with van der Waals surface area (Å²) in [6, 6.07) is 7.58. The van der Waals surface area contributed by atoms with Crippen molar-refractivity contribution >= 4 is 23.3 Å². The van der Waals surface area contributed by atoms with Crippen molar-refractivity contribution in [2.75, 3.05) is 25.0 Å². The van der Waals surface area contributed by atoms with Gasteiger partial charge in [0.05, 0.1) is 0 Å². The molecule has 1 aromatic rings. The number of anilines is 1. The van der Waals surface area contributed by atoms with Crippen LogP contribution in [0.3, 0.4) is 0 Å². The van der Waals surface area contributed by atoms with Crippen LogP contribution >= 0.6 is 11.6 Å². The van der Waals surface area contributed by atoms with E-state index in [0.29, 0.717) is 17.0 Å². The predicted octanol–water partition coefficient (Wildman–Crippen LogP) is 3.58. The highest BCUT2D eigenvalue weighted by Crippen LogP contribution is 2.15. The number of benzene rings is 1. The molecule has 2 amide bonds. The lowest BCUT2D eigenvalue weighted by Crippen LogP contribution is -2.44. The number of urea groups is 1. The number of rotatable bonds is 5. The third-order valence-corrected chi connectivity index (χ3v) is 3.82. The maximum absolute atomic E-state index is 12.5. The quantitative estimate of drug-likeness (QED) is 0.873. The minimum Gasteiger partial charge on any atom is -0.323 e. The van der Waals surface area contributed by atoms with Crippen LogP contribution in [0.1, 0.15) is 26.7 Å². The van der Waals surface area contributed by atoms with Gasteiger partial charge in [-0.1, -0.05) is 25.4 Å². The number of nitrogens with one attached hydrogen (secondary N) is 2. The van der Waals surface area contributed by atoms with Gasteiger partial charge in [-0.05, 0) is 49.6 Å². The third-order valence-electron chi connectivity index (χ3n) is 3.57. The number of carbonyl (C=O) groups is 1. The summed E-state index contributed by atoms with van der Waals surface area (Å²) in [5, 5.41) is 7.07. The monoisotopic (exact) mass is 309 g/mol. The Morgan fingerprint density at radius 2 is 2.14 bits per heavy atom. The van der Waals surface area contributed by atoms with Crippen LogP contribution in [0.15, 0.2) is 24.3 Å². The van der Waals surface area contributed by atoms with Crippen LogP contribution in [-0.4, -0.2) is 36.6 Å². The van der Waals surface area contributed by atoms with Crippen LogP contribution in [-0.2, 0) is 0 Å². The van der Waals surface area contributed by atoms with E-state index in [2.05, 4.69) is 24.5 Å². The Morgan fingerprint density at radius 3 is 2.71 bits per heavy atom. The largest absolute Gasteiger partial charge is 0.323 e. The molecule has 2 N–H and O–H groups in total. The Morgan fingerprint density at radius 1 is 1.43 bits per heavy atom. The van der Waals surface area contributed by atoms with E-state index >= 15 is 0 Å². The van der Waals surface area contributed by atoms with Crippen LogP contribution < -0.4 is 10.6 Å². The van der Waals surface area contributed by atoms with Gasteiger partial charge < -0.3 is 15.5 Å². The fourth-order valence-corrected chi connectivity index (χ4v) is 2.72. The molecular formula is C16H24ClN3O. The SMILES string of the molecule is CC(C)CN(CC1CCCN1)C(=O)Nc1ccc(Cl)cc1. The first kappa shape index (κ1) is 16.1. The molecule has 2 rings (SSSR count). The minimum absolute atomic E-state index is 0.0419. The van der Waals surface area contributed by atoms with E-state index in [0.717, 1.165) is 31.7 Å². The standard InChI is InChI=1S/C16H24ClN3O/c1-12(2)10-20(11-15-4-3-9-18-15)16(21)19-14-7-5-13(17)6-8-14/h5-8,12,15,18H,3-4,9-11H2,1-2H3,(H,19,21). The third kappa shape index (κ3) is 5.21. The highest BCUT2D eigenvalue weighted by molar-refractivity contribution is 6.30. The summed E-state index contributed by atoms with van der Waals surface area (Å²) in [6.07, 6.45) is 2.34. The van der Waals surface area contributed by atoms with Gasteiger partial charge in [0.2, 0.25) is 0 Å². The van der Waals surface area contributed by atoms with Gasteiger partial charge in [0.15, 0.2) is 0 Å². The number of nitrogens with zero attached hydrogens (tertiary/aromatic N) is 1. The Labute approximate surface area is 131 Å². The van der Waals surface area contributed by atoms with E-state index in [1.54, 1.807) is 12.1 Å². The van der Waals surface area contributed by atoms with Gasteiger partial charge in [0.25, 0.3) is 0 Å². The minimum atomic E-state index is -0.0419. The number of hydrogen-bond donors (Lipinski definition) is 2. The highest BCUT2D eigenvalue weighted by atomic mass is 35.5. The van der Waals surface area contributed by atoms with Gasteiger partial charge >= 0.3 is 6.03 Å². The fourth-order valence-electron chi connectivity index (χ4n) is 2.60. The van der Waals surface area contributed by atoms with Crippen molar-refractivity contribution in [1.29, 1.82) is 0 Å². The Bertz CT molecular complexity index is 455. The molecule has 0 saturated carbocycles. The molecule has 0 aromatic heterocycles. The zero-order valence-electron chi connectivity index (χ0n) is 12.7. The zero-order valence-corrected chi connectivity index (χ0v) is 13.5. The van der Waals surface area contributed by atoms with E-state index in [9.17, 15) is 4.79 Å². The highest BCUT2D eigenvalue weighted by Gasteiger charge is 2.22. The maximum atomic E-state index is 12.5. The molecule has 1 atom stereocenters. The summed E-state index contributed by atoms with van der Waals surface area (Å²) in [7, 11) is 0. The average Bonchev–Trinajstić information content (AvgIpc) is 2.93. The summed E-state index contributed by atoms with van der Waals surface area (Å²) in [5.74, 6) is 0.447. The first-order valence-corrected chi connectivity index (χ1v) is 7.97. The molecule has 116 valence electrons. The Kier molecular flexibility index (Phi) is 5.88. The van der Waals surface area contributed by atoms with Crippen molar-refractivity contribution in [3.8, 4) is 0 Å². The van der Waals surface area contributed by atoms with Crippen LogP contribution in [0.5, 0.6) is 0 Å². The smallest absolute Gasteiger partial charge is 0.321 e. The second-order valence-corrected chi connectivity index (χ2v) is 6.47. The van der Waals surface area contributed by atoms with Gasteiger partial charge in [-0.2, -0.15) is 0 Å². The lowest BCUT2D eigenvalue weighted by molar-refractivity contribution is 0.198. The van der Waals surface area contributed by atoms with Crippen molar-refractivity contribution in [3.05, 3.63) is 29.3 Å². The molecule has 1 aromatic carbocycles. The average molecular weight is 310 g/mol. The molecule has 21 heavy (non-hydrogen) atoms. The lowest BCUT2D eigenvalue weighted by Gasteiger charge is -2.27. The molecule has 1 aliphatic rings. The number of amides is 2. The van der Waals surface area contributed by atoms with Gasteiger partial charge in [-0.3, -0.25) is 0 Å². The summed E-state index contributed by atoms with van der Waals surface area (Å²) < 4.78 is 0. The molecule has 1 fully saturated rings. The van der Waals surface area contributed by atoms with Crippen LogP contribution in [0.4, 0.5) is 10.5 Å². The van der Waals surface area contributed by atoms with E-state index in [-0.39, 0.29) is 6.03 Å². The van der Waals surface area contributed by atoms with Gasteiger partial charge in [0, 0.05) is 29.8 Å². The van der Waals surface area contributed by atoms with Crippen LogP contribution in [0, 0.1) is 5.92 Å². The van der Waals surface area contributed by atoms with Crippen molar-refractivity contribution in [1.82, 2.24) is 10.2 Å². The molecule has 0 aliphatic carbocycles. The van der Waals surface area contributed by atoms with Crippen molar-refractivity contribution < 1.29 is 4.79 Å². The van der Waals surface area contributed by atoms with Crippen molar-refractivity contribution in [2.24, 2.45) is 5.92 Å². The number of hydrogen-bond acceptors (Lipinski definition) is 2. The van der Waals surface area contributed by atoms with E-state index in [4.69, 9.17) is 11.6 Å². The molecule has 1 saturated heterocycles. The van der Waals surface area contributed by atoms with Crippen LogP contribution in [0.2, 0.25) is 5.02 Å². The van der Waals surface area contributed by atoms with E-state index < -0.39 is 0 Å². The topological polar surface area (TPSA) is 44.4 Å². The maximum Gasteiger partial charge on any atom is 0.321 e. The normalized spacial score (nSPS) is 18.0. The summed E-state index contributed by atoms with van der Waals surface area (Å²) in [6.45, 7) is 6.84. The summed E-state index contributed by atoms with van der Waals surface area (Å²) in [4.78, 5) is 14.4. The van der Waals surface area contributed by atoms with E-state index in [1.165, 1.54) is 6.42 Å². The molecule has 0 spiro atoms. The van der Waals surface area contributed by atoms with Crippen LogP contribution in [0.25, 0.3) is 0 Å². The fraction of sp³-hybridized carbons (Fsp3) is 0.562. The Hall–Kier alpha value is -1.26. The first-order valence-electron chi connectivity index (χ1n) is 7.59.